The average molecular weight is 407 g/mol. The summed E-state index contributed by atoms with van der Waals surface area (Å²) in [5.41, 5.74) is 2.00. The highest BCUT2D eigenvalue weighted by atomic mass is 16.5. The number of carbonyl (C=O) groups excluding carboxylic acids is 2. The van der Waals surface area contributed by atoms with E-state index in [2.05, 4.69) is 15.4 Å². The van der Waals surface area contributed by atoms with Crippen molar-refractivity contribution in [2.75, 3.05) is 7.11 Å². The molecule has 2 N–H and O–H groups in total. The number of hydrogen-bond donors (Lipinski definition) is 2. The summed E-state index contributed by atoms with van der Waals surface area (Å²) in [5, 5.41) is 16.8. The summed E-state index contributed by atoms with van der Waals surface area (Å²) < 4.78 is 5.76. The minimum Gasteiger partial charge on any atom is -0.467 e. The molecule has 0 spiro atoms. The Morgan fingerprint density at radius 2 is 2.07 bits per heavy atom. The quantitative estimate of drug-likeness (QED) is 0.589. The molecule has 0 aliphatic heterocycles. The lowest BCUT2D eigenvalue weighted by Gasteiger charge is -2.17. The molecule has 3 rings (SSSR count). The van der Waals surface area contributed by atoms with Crippen molar-refractivity contribution in [3.63, 3.8) is 0 Å². The van der Waals surface area contributed by atoms with Gasteiger partial charge in [-0.3, -0.25) is 9.59 Å². The van der Waals surface area contributed by atoms with Gasteiger partial charge >= 0.3 is 5.97 Å². The van der Waals surface area contributed by atoms with Crippen LogP contribution >= 0.6 is 0 Å². The number of aromatic amines is 1. The van der Waals surface area contributed by atoms with Crippen LogP contribution in [-0.4, -0.2) is 39.8 Å². The van der Waals surface area contributed by atoms with Crippen molar-refractivity contribution >= 4 is 22.8 Å². The van der Waals surface area contributed by atoms with Crippen LogP contribution in [0.3, 0.4) is 0 Å². The van der Waals surface area contributed by atoms with E-state index >= 15 is 0 Å². The summed E-state index contributed by atoms with van der Waals surface area (Å²) >= 11 is 0. The summed E-state index contributed by atoms with van der Waals surface area (Å²) in [6, 6.07) is 8.51. The predicted octanol–water partition coefficient (Wildman–Crippen LogP) is 1.11. The minimum absolute atomic E-state index is 0.0568. The average Bonchev–Trinajstić information content (AvgIpc) is 3.14. The molecule has 0 radical (unpaired) electrons. The van der Waals surface area contributed by atoms with E-state index in [0.29, 0.717) is 11.3 Å². The van der Waals surface area contributed by atoms with Gasteiger partial charge in [-0.05, 0) is 31.0 Å². The molecule has 0 saturated heterocycles. The first kappa shape index (κ1) is 20.8. The number of nitrogens with one attached hydrogen (secondary N) is 2. The number of H-pyrrole nitrogens is 1. The molecule has 0 saturated carbocycles. The number of aromatic nitrogens is 3. The van der Waals surface area contributed by atoms with Gasteiger partial charge in [0.15, 0.2) is 0 Å². The van der Waals surface area contributed by atoms with Crippen molar-refractivity contribution in [2.24, 2.45) is 0 Å². The standard InChI is InChI=1S/C21H21N5O4/c1-12-13(2)25-26(20(28)16(12)9-22)11-19(27)24-18(21(29)30-3)8-14-10-23-17-7-5-4-6-15(14)17/h4-7,10,18,23H,8,11H2,1-3H3,(H,24,27)/t18-/m1/s1. The van der Waals surface area contributed by atoms with Crippen LogP contribution in [0.25, 0.3) is 10.9 Å². The van der Waals surface area contributed by atoms with E-state index in [9.17, 15) is 19.6 Å². The van der Waals surface area contributed by atoms with Crippen LogP contribution in [0.1, 0.15) is 22.4 Å². The van der Waals surface area contributed by atoms with Crippen molar-refractivity contribution in [3.8, 4) is 6.07 Å². The fourth-order valence-electron chi connectivity index (χ4n) is 3.24. The Kier molecular flexibility index (Phi) is 5.97. The Balaban J connectivity index is 1.82. The normalized spacial score (nSPS) is 11.7. The van der Waals surface area contributed by atoms with Crippen LogP contribution in [-0.2, 0) is 27.3 Å². The van der Waals surface area contributed by atoms with Gasteiger partial charge in [0.25, 0.3) is 5.56 Å². The van der Waals surface area contributed by atoms with E-state index < -0.39 is 30.0 Å². The van der Waals surface area contributed by atoms with Gasteiger partial charge < -0.3 is 15.0 Å². The van der Waals surface area contributed by atoms with E-state index in [-0.39, 0.29) is 12.0 Å². The predicted molar refractivity (Wildman–Crippen MR) is 109 cm³/mol. The van der Waals surface area contributed by atoms with E-state index in [1.165, 1.54) is 7.11 Å². The fraction of sp³-hybridized carbons (Fsp3) is 0.286. The summed E-state index contributed by atoms with van der Waals surface area (Å²) in [7, 11) is 1.24. The van der Waals surface area contributed by atoms with Gasteiger partial charge in [0, 0.05) is 23.5 Å². The molecule has 30 heavy (non-hydrogen) atoms. The molecular weight excluding hydrogens is 386 g/mol. The molecule has 1 atom stereocenters. The molecule has 3 aromatic rings. The van der Waals surface area contributed by atoms with Crippen molar-refractivity contribution in [2.45, 2.75) is 32.9 Å². The van der Waals surface area contributed by atoms with Gasteiger partial charge in [0.05, 0.1) is 12.8 Å². The number of methoxy groups -OCH3 is 1. The highest BCUT2D eigenvalue weighted by Gasteiger charge is 2.24. The molecule has 0 bridgehead atoms. The first-order valence-electron chi connectivity index (χ1n) is 9.26. The molecular formula is C21H21N5O4. The van der Waals surface area contributed by atoms with Crippen molar-refractivity contribution in [3.05, 3.63) is 63.2 Å². The highest BCUT2D eigenvalue weighted by Crippen LogP contribution is 2.19. The number of nitriles is 1. The van der Waals surface area contributed by atoms with Crippen LogP contribution in [0.4, 0.5) is 0 Å². The maximum atomic E-state index is 12.6. The van der Waals surface area contributed by atoms with Crippen molar-refractivity contribution in [1.82, 2.24) is 20.1 Å². The maximum absolute atomic E-state index is 12.6. The number of nitrogens with zero attached hydrogens (tertiary/aromatic N) is 3. The van der Waals surface area contributed by atoms with Crippen LogP contribution in [0.5, 0.6) is 0 Å². The second-order valence-corrected chi connectivity index (χ2v) is 6.87. The van der Waals surface area contributed by atoms with Crippen molar-refractivity contribution < 1.29 is 14.3 Å². The zero-order chi connectivity index (χ0) is 21.8. The van der Waals surface area contributed by atoms with E-state index in [1.807, 2.05) is 30.3 Å². The Morgan fingerprint density at radius 3 is 2.77 bits per heavy atom. The number of ether oxygens (including phenoxy) is 1. The van der Waals surface area contributed by atoms with Gasteiger partial charge in [-0.2, -0.15) is 10.4 Å². The van der Waals surface area contributed by atoms with E-state index in [1.54, 1.807) is 20.0 Å². The number of para-hydroxylation sites is 1. The first-order chi connectivity index (χ1) is 14.3. The first-order valence-corrected chi connectivity index (χ1v) is 9.26. The molecule has 9 heteroatoms. The van der Waals surface area contributed by atoms with Crippen LogP contribution < -0.4 is 10.9 Å². The third kappa shape index (κ3) is 4.07. The van der Waals surface area contributed by atoms with Crippen LogP contribution in [0.15, 0.2) is 35.3 Å². The zero-order valence-electron chi connectivity index (χ0n) is 16.9. The number of benzene rings is 1. The maximum Gasteiger partial charge on any atom is 0.328 e. The van der Waals surface area contributed by atoms with Gasteiger partial charge in [0.1, 0.15) is 24.2 Å². The number of rotatable bonds is 6. The third-order valence-electron chi connectivity index (χ3n) is 4.96. The van der Waals surface area contributed by atoms with Gasteiger partial charge in [-0.1, -0.05) is 18.2 Å². The molecule has 2 heterocycles. The number of aryl methyl sites for hydroxylation is 1. The van der Waals surface area contributed by atoms with E-state index in [4.69, 9.17) is 4.74 Å². The lowest BCUT2D eigenvalue weighted by atomic mass is 10.0. The fourth-order valence-corrected chi connectivity index (χ4v) is 3.24. The largest absolute Gasteiger partial charge is 0.467 e. The second-order valence-electron chi connectivity index (χ2n) is 6.87. The van der Waals surface area contributed by atoms with Gasteiger partial charge in [0.2, 0.25) is 5.91 Å². The summed E-state index contributed by atoms with van der Waals surface area (Å²) in [6.07, 6.45) is 1.99. The topological polar surface area (TPSA) is 130 Å². The summed E-state index contributed by atoms with van der Waals surface area (Å²) in [6.45, 7) is 2.86. The number of hydrogen-bond acceptors (Lipinski definition) is 6. The molecule has 0 aliphatic carbocycles. The number of fused-ring (bicyclic) bond motifs is 1. The zero-order valence-corrected chi connectivity index (χ0v) is 16.9. The molecule has 0 aliphatic rings. The Labute approximate surface area is 172 Å². The summed E-state index contributed by atoms with van der Waals surface area (Å²) in [4.78, 5) is 40.3. The molecule has 1 aromatic carbocycles. The SMILES string of the molecule is COC(=O)[C@@H](Cc1c[nH]c2ccccc12)NC(=O)Cn1nc(C)c(C)c(C#N)c1=O. The Hall–Kier alpha value is -3.93. The van der Waals surface area contributed by atoms with Crippen LogP contribution in [0, 0.1) is 25.2 Å². The molecule has 9 nitrogen and oxygen atoms in total. The molecule has 154 valence electrons. The lowest BCUT2D eigenvalue weighted by molar-refractivity contribution is -0.145. The third-order valence-corrected chi connectivity index (χ3v) is 4.96. The second kappa shape index (κ2) is 8.61. The molecule has 0 unspecified atom stereocenters. The van der Waals surface area contributed by atoms with Crippen LogP contribution in [0.2, 0.25) is 0 Å². The molecule has 1 amide bonds. The van der Waals surface area contributed by atoms with Crippen molar-refractivity contribution in [1.29, 1.82) is 5.26 Å². The lowest BCUT2D eigenvalue weighted by Crippen LogP contribution is -2.45. The number of esters is 1. The monoisotopic (exact) mass is 407 g/mol. The Bertz CT molecular complexity index is 1220. The number of carbonyl (C=O) groups is 2. The van der Waals surface area contributed by atoms with E-state index in [0.717, 1.165) is 21.1 Å². The van der Waals surface area contributed by atoms with Gasteiger partial charge in [-0.15, -0.1) is 0 Å². The molecule has 0 fully saturated rings. The number of amides is 1. The smallest absolute Gasteiger partial charge is 0.328 e. The van der Waals surface area contributed by atoms with Gasteiger partial charge in [-0.25, -0.2) is 9.48 Å². The molecule has 2 aromatic heterocycles. The minimum atomic E-state index is -0.945. The summed E-state index contributed by atoms with van der Waals surface area (Å²) in [5.74, 6) is -1.20. The highest BCUT2D eigenvalue weighted by molar-refractivity contribution is 5.87. The Morgan fingerprint density at radius 1 is 1.33 bits per heavy atom.